The summed E-state index contributed by atoms with van der Waals surface area (Å²) in [6.45, 7) is 2.80. The predicted molar refractivity (Wildman–Crippen MR) is 62.7 cm³/mol. The van der Waals surface area contributed by atoms with Crippen molar-refractivity contribution in [3.05, 3.63) is 29.6 Å². The quantitative estimate of drug-likeness (QED) is 0.871. The monoisotopic (exact) mass is 238 g/mol. The van der Waals surface area contributed by atoms with Crippen LogP contribution in [-0.2, 0) is 4.74 Å². The minimum absolute atomic E-state index is 0.229. The molecule has 0 saturated carbocycles. The van der Waals surface area contributed by atoms with Crippen molar-refractivity contribution in [3.63, 3.8) is 0 Å². The number of carbonyl (C=O) groups is 1. The van der Waals surface area contributed by atoms with Crippen LogP contribution in [0.1, 0.15) is 5.56 Å². The summed E-state index contributed by atoms with van der Waals surface area (Å²) in [5.41, 5.74) is 1.19. The highest BCUT2D eigenvalue weighted by atomic mass is 19.1. The molecular weight excluding hydrogens is 223 g/mol. The summed E-state index contributed by atoms with van der Waals surface area (Å²) in [7, 11) is 1.78. The number of nitrogens with zero attached hydrogens (tertiary/aromatic N) is 1. The van der Waals surface area contributed by atoms with Gasteiger partial charge in [0.15, 0.2) is 0 Å². The van der Waals surface area contributed by atoms with Gasteiger partial charge in [0.25, 0.3) is 0 Å². The van der Waals surface area contributed by atoms with E-state index in [1.54, 1.807) is 19.2 Å². The molecule has 0 radical (unpaired) electrons. The molecule has 1 heterocycles. The second-order valence-corrected chi connectivity index (χ2v) is 4.13. The van der Waals surface area contributed by atoms with Gasteiger partial charge in [-0.2, -0.15) is 0 Å². The molecule has 1 fully saturated rings. The zero-order valence-electron chi connectivity index (χ0n) is 9.87. The summed E-state index contributed by atoms with van der Waals surface area (Å²) in [6, 6.07) is 4.69. The molecule has 1 saturated heterocycles. The first kappa shape index (κ1) is 11.9. The van der Waals surface area contributed by atoms with E-state index in [9.17, 15) is 9.18 Å². The summed E-state index contributed by atoms with van der Waals surface area (Å²) in [5, 5.41) is 2.93. The van der Waals surface area contributed by atoms with Crippen LogP contribution in [0.25, 0.3) is 0 Å². The second-order valence-electron chi connectivity index (χ2n) is 4.13. The molecule has 0 bridgehead atoms. The van der Waals surface area contributed by atoms with Crippen LogP contribution in [0.5, 0.6) is 0 Å². The lowest BCUT2D eigenvalue weighted by atomic mass is 10.2. The number of ether oxygens (including phenoxy) is 1. The van der Waals surface area contributed by atoms with Gasteiger partial charge in [0.2, 0.25) is 0 Å². The van der Waals surface area contributed by atoms with Crippen LogP contribution >= 0.6 is 0 Å². The van der Waals surface area contributed by atoms with Crippen LogP contribution in [0.2, 0.25) is 0 Å². The third kappa shape index (κ3) is 2.39. The van der Waals surface area contributed by atoms with Crippen LogP contribution in [0.4, 0.5) is 14.9 Å². The fraction of sp³-hybridized carbons (Fsp3) is 0.417. The smallest absolute Gasteiger partial charge is 0.414 e. The van der Waals surface area contributed by atoms with E-state index in [2.05, 4.69) is 5.32 Å². The lowest BCUT2D eigenvalue weighted by Gasteiger charge is -2.14. The van der Waals surface area contributed by atoms with Crippen LogP contribution in [-0.4, -0.2) is 32.3 Å². The third-order valence-electron chi connectivity index (χ3n) is 2.70. The van der Waals surface area contributed by atoms with E-state index in [1.165, 1.54) is 11.0 Å². The van der Waals surface area contributed by atoms with Crippen molar-refractivity contribution in [2.24, 2.45) is 0 Å². The Balaban J connectivity index is 2.22. The Morgan fingerprint density at radius 1 is 1.59 bits per heavy atom. The zero-order valence-corrected chi connectivity index (χ0v) is 9.87. The molecule has 92 valence electrons. The summed E-state index contributed by atoms with van der Waals surface area (Å²) in [4.78, 5) is 13.0. The number of likely N-dealkylation sites (N-methyl/N-ethyl adjacent to an activating group) is 1. The number of amides is 1. The van der Waals surface area contributed by atoms with Crippen LogP contribution in [0, 0.1) is 12.7 Å². The van der Waals surface area contributed by atoms with Crippen molar-refractivity contribution in [1.82, 2.24) is 5.32 Å². The molecule has 2 rings (SSSR count). The molecule has 0 aliphatic carbocycles. The van der Waals surface area contributed by atoms with E-state index in [0.29, 0.717) is 13.1 Å². The number of nitrogens with one attached hydrogen (secondary N) is 1. The highest BCUT2D eigenvalue weighted by Gasteiger charge is 2.33. The lowest BCUT2D eigenvalue weighted by molar-refractivity contribution is 0.141. The fourth-order valence-electron chi connectivity index (χ4n) is 1.88. The second kappa shape index (κ2) is 4.71. The molecule has 1 aromatic rings. The van der Waals surface area contributed by atoms with Crippen molar-refractivity contribution in [3.8, 4) is 0 Å². The fourth-order valence-corrected chi connectivity index (χ4v) is 1.88. The molecular formula is C12H15FN2O2. The van der Waals surface area contributed by atoms with E-state index >= 15 is 0 Å². The average molecular weight is 238 g/mol. The highest BCUT2D eigenvalue weighted by molar-refractivity contribution is 5.90. The van der Waals surface area contributed by atoms with Crippen molar-refractivity contribution < 1.29 is 13.9 Å². The molecule has 1 aliphatic heterocycles. The van der Waals surface area contributed by atoms with Gasteiger partial charge >= 0.3 is 6.09 Å². The molecule has 1 amide bonds. The average Bonchev–Trinajstić information content (AvgIpc) is 2.64. The third-order valence-corrected chi connectivity index (χ3v) is 2.70. The molecule has 1 atom stereocenters. The van der Waals surface area contributed by atoms with Crippen LogP contribution in [0.15, 0.2) is 18.2 Å². The zero-order chi connectivity index (χ0) is 12.4. The number of benzene rings is 1. The summed E-state index contributed by atoms with van der Waals surface area (Å²) in [5.74, 6) is -0.405. The lowest BCUT2D eigenvalue weighted by Crippen LogP contribution is -2.29. The van der Waals surface area contributed by atoms with Crippen molar-refractivity contribution in [2.45, 2.75) is 13.0 Å². The number of hydrogen-bond donors (Lipinski definition) is 1. The van der Waals surface area contributed by atoms with Crippen molar-refractivity contribution in [1.29, 1.82) is 0 Å². The maximum Gasteiger partial charge on any atom is 0.414 e. The SMILES string of the molecule is CNCC1CN(c2cc(C)ccc2F)C(=O)O1. The summed E-state index contributed by atoms with van der Waals surface area (Å²) >= 11 is 0. The molecule has 5 heteroatoms. The number of cyclic esters (lactones) is 1. The molecule has 0 spiro atoms. The van der Waals surface area contributed by atoms with Gasteiger partial charge in [0.1, 0.15) is 11.9 Å². The van der Waals surface area contributed by atoms with Crippen LogP contribution in [0.3, 0.4) is 0 Å². The molecule has 17 heavy (non-hydrogen) atoms. The Morgan fingerprint density at radius 3 is 3.06 bits per heavy atom. The number of aryl methyl sites for hydroxylation is 1. The summed E-state index contributed by atoms with van der Waals surface area (Å²) < 4.78 is 18.8. The van der Waals surface area contributed by atoms with E-state index in [4.69, 9.17) is 4.74 Å². The molecule has 1 N–H and O–H groups in total. The Kier molecular flexibility index (Phi) is 3.28. The first-order valence-electron chi connectivity index (χ1n) is 5.50. The number of hydrogen-bond acceptors (Lipinski definition) is 3. The normalized spacial score (nSPS) is 19.6. The van der Waals surface area contributed by atoms with Gasteiger partial charge in [-0.3, -0.25) is 4.90 Å². The maximum absolute atomic E-state index is 13.6. The highest BCUT2D eigenvalue weighted by Crippen LogP contribution is 2.25. The van der Waals surface area contributed by atoms with E-state index in [-0.39, 0.29) is 11.8 Å². The molecule has 0 aromatic heterocycles. The Bertz CT molecular complexity index is 437. The first-order chi connectivity index (χ1) is 8.11. The van der Waals surface area contributed by atoms with Crippen molar-refractivity contribution >= 4 is 11.8 Å². The van der Waals surface area contributed by atoms with Gasteiger partial charge < -0.3 is 10.1 Å². The van der Waals surface area contributed by atoms with Gasteiger partial charge in [0.05, 0.1) is 12.2 Å². The molecule has 1 aliphatic rings. The minimum atomic E-state index is -0.491. The molecule has 1 unspecified atom stereocenters. The number of anilines is 1. The number of carbonyl (C=O) groups excluding carboxylic acids is 1. The maximum atomic E-state index is 13.6. The first-order valence-corrected chi connectivity index (χ1v) is 5.50. The van der Waals surface area contributed by atoms with E-state index in [0.717, 1.165) is 5.56 Å². The Hall–Kier alpha value is -1.62. The van der Waals surface area contributed by atoms with Gasteiger partial charge in [-0.1, -0.05) is 6.07 Å². The summed E-state index contributed by atoms with van der Waals surface area (Å²) in [6.07, 6.45) is -0.720. The van der Waals surface area contributed by atoms with Gasteiger partial charge in [-0.25, -0.2) is 9.18 Å². The van der Waals surface area contributed by atoms with Gasteiger partial charge in [-0.15, -0.1) is 0 Å². The predicted octanol–water partition coefficient (Wildman–Crippen LogP) is 1.68. The molecule has 1 aromatic carbocycles. The van der Waals surface area contributed by atoms with Crippen LogP contribution < -0.4 is 10.2 Å². The largest absolute Gasteiger partial charge is 0.443 e. The van der Waals surface area contributed by atoms with Crippen molar-refractivity contribution in [2.75, 3.05) is 25.0 Å². The Morgan fingerprint density at radius 2 is 2.35 bits per heavy atom. The van der Waals surface area contributed by atoms with Gasteiger partial charge in [0, 0.05) is 6.54 Å². The Labute approximate surface area is 99.4 Å². The number of rotatable bonds is 3. The van der Waals surface area contributed by atoms with Gasteiger partial charge in [-0.05, 0) is 31.7 Å². The topological polar surface area (TPSA) is 41.6 Å². The number of halogens is 1. The standard InChI is InChI=1S/C12H15FN2O2/c1-8-3-4-10(13)11(5-8)15-7-9(6-14-2)17-12(15)16/h3-5,9,14H,6-7H2,1-2H3. The van der Waals surface area contributed by atoms with E-state index in [1.807, 2.05) is 6.92 Å². The molecule has 4 nitrogen and oxygen atoms in total. The van der Waals surface area contributed by atoms with E-state index < -0.39 is 11.9 Å². The minimum Gasteiger partial charge on any atom is -0.443 e.